The highest BCUT2D eigenvalue weighted by Gasteiger charge is 2.44. The number of esters is 1. The van der Waals surface area contributed by atoms with E-state index in [9.17, 15) is 35.1 Å². The van der Waals surface area contributed by atoms with E-state index in [1.807, 2.05) is 6.08 Å². The molecule has 0 radical (unpaired) electrons. The van der Waals surface area contributed by atoms with Crippen molar-refractivity contribution in [3.05, 3.63) is 48.6 Å². The lowest BCUT2D eigenvalue weighted by Crippen LogP contribution is -2.60. The lowest BCUT2D eigenvalue weighted by atomic mass is 9.99. The standard InChI is InChI=1S/C71H131NO10/c1-3-5-7-9-11-13-15-34-37-41-45-49-53-57-64(74)63(62-81-71-70(79)69(78)68(77)65(61-73)82-71)72-66(75)58-54-50-46-42-38-35-32-30-28-26-24-22-20-18-17-19-21-23-25-27-29-31-33-36-40-44-48-52-56-60-80-67(76)59-55-51-47-43-39-16-14-12-10-8-6-4-2/h12,14,17,19,23,25,53,57,63-65,68-71,73-74,77-79H,3-11,13,15-16,18,20-22,24,26-52,54-56,58-62H2,1-2H3,(H,72,75)/b14-12-,19-17-,25-23-,57-53+. The predicted octanol–water partition coefficient (Wildman–Crippen LogP) is 17.6. The molecule has 11 nitrogen and oxygen atoms in total. The number of hydrogen-bond donors (Lipinski definition) is 6. The van der Waals surface area contributed by atoms with Crippen molar-refractivity contribution in [3.63, 3.8) is 0 Å². The molecule has 0 bridgehead atoms. The van der Waals surface area contributed by atoms with Crippen molar-refractivity contribution in [2.45, 2.75) is 371 Å². The Kier molecular flexibility index (Phi) is 57.1. The van der Waals surface area contributed by atoms with Gasteiger partial charge in [0, 0.05) is 12.8 Å². The van der Waals surface area contributed by atoms with Gasteiger partial charge in [-0.3, -0.25) is 9.59 Å². The van der Waals surface area contributed by atoms with Gasteiger partial charge in [0.25, 0.3) is 0 Å². The van der Waals surface area contributed by atoms with E-state index in [4.69, 9.17) is 14.2 Å². The van der Waals surface area contributed by atoms with Crippen molar-refractivity contribution in [1.82, 2.24) is 5.32 Å². The average Bonchev–Trinajstić information content (AvgIpc) is 3.61. The van der Waals surface area contributed by atoms with Crippen LogP contribution in [0.5, 0.6) is 0 Å². The number of amides is 1. The third kappa shape index (κ3) is 48.8. The summed E-state index contributed by atoms with van der Waals surface area (Å²) in [6.45, 7) is 4.33. The van der Waals surface area contributed by atoms with Crippen LogP contribution >= 0.6 is 0 Å². The Labute approximate surface area is 504 Å². The highest BCUT2D eigenvalue weighted by molar-refractivity contribution is 5.76. The Morgan fingerprint density at radius 3 is 1.27 bits per heavy atom. The van der Waals surface area contributed by atoms with Crippen LogP contribution < -0.4 is 5.32 Å². The Bertz CT molecular complexity index is 1500. The van der Waals surface area contributed by atoms with Crippen molar-refractivity contribution in [2.24, 2.45) is 0 Å². The summed E-state index contributed by atoms with van der Waals surface area (Å²) in [5, 5.41) is 54.5. The lowest BCUT2D eigenvalue weighted by Gasteiger charge is -2.40. The molecule has 1 amide bonds. The molecule has 0 aromatic carbocycles. The summed E-state index contributed by atoms with van der Waals surface area (Å²) < 4.78 is 16.7. The fourth-order valence-corrected chi connectivity index (χ4v) is 10.9. The van der Waals surface area contributed by atoms with Gasteiger partial charge in [-0.05, 0) is 89.9 Å². The second-order valence-electron chi connectivity index (χ2n) is 24.2. The SMILES string of the molecule is CCCCC/C=C\CCCCCCCC(=O)OCCCCCCCCCCC/C=C\C/C=C\CCCCCCCCCCCCCCCC(=O)NC(COC1OC(CO)C(O)C(O)C1O)C(O)/C=C/CCCCCCCCCCCCC. The molecule has 0 aromatic heterocycles. The summed E-state index contributed by atoms with van der Waals surface area (Å²) in [6, 6.07) is -0.811. The summed E-state index contributed by atoms with van der Waals surface area (Å²) in [6.07, 6.45) is 68.0. The molecule has 480 valence electrons. The second kappa shape index (κ2) is 60.3. The number of unbranched alkanes of at least 4 members (excludes halogenated alkanes) is 41. The third-order valence-electron chi connectivity index (χ3n) is 16.4. The first kappa shape index (κ1) is 77.6. The molecule has 1 saturated heterocycles. The zero-order valence-corrected chi connectivity index (χ0v) is 53.2. The number of nitrogens with one attached hydrogen (secondary N) is 1. The van der Waals surface area contributed by atoms with E-state index in [-0.39, 0.29) is 18.5 Å². The van der Waals surface area contributed by atoms with E-state index in [0.717, 1.165) is 64.2 Å². The first-order chi connectivity index (χ1) is 40.2. The van der Waals surface area contributed by atoms with E-state index in [1.54, 1.807) is 6.08 Å². The fourth-order valence-electron chi connectivity index (χ4n) is 10.9. The topological polar surface area (TPSA) is 175 Å². The van der Waals surface area contributed by atoms with Gasteiger partial charge in [-0.2, -0.15) is 0 Å². The molecule has 7 unspecified atom stereocenters. The number of rotatable bonds is 61. The zero-order valence-electron chi connectivity index (χ0n) is 53.2. The van der Waals surface area contributed by atoms with Gasteiger partial charge in [0.2, 0.25) is 5.91 Å². The molecular weight excluding hydrogens is 1030 g/mol. The van der Waals surface area contributed by atoms with E-state index in [0.29, 0.717) is 19.4 Å². The van der Waals surface area contributed by atoms with Crippen LogP contribution in [-0.2, 0) is 23.8 Å². The summed E-state index contributed by atoms with van der Waals surface area (Å²) in [7, 11) is 0. The molecule has 1 aliphatic rings. The van der Waals surface area contributed by atoms with Crippen LogP contribution in [0, 0.1) is 0 Å². The summed E-state index contributed by atoms with van der Waals surface area (Å²) in [5.41, 5.74) is 0. The second-order valence-corrected chi connectivity index (χ2v) is 24.2. The third-order valence-corrected chi connectivity index (χ3v) is 16.4. The number of ether oxygens (including phenoxy) is 3. The Balaban J connectivity index is 2.00. The van der Waals surface area contributed by atoms with Gasteiger partial charge in [-0.25, -0.2) is 0 Å². The van der Waals surface area contributed by atoms with Crippen LogP contribution in [0.1, 0.15) is 328 Å². The molecule has 1 aliphatic heterocycles. The van der Waals surface area contributed by atoms with Crippen molar-refractivity contribution in [2.75, 3.05) is 19.8 Å². The van der Waals surface area contributed by atoms with Gasteiger partial charge in [-0.1, -0.05) is 274 Å². The monoisotopic (exact) mass is 1160 g/mol. The largest absolute Gasteiger partial charge is 0.466 e. The molecule has 7 atom stereocenters. The van der Waals surface area contributed by atoms with Crippen molar-refractivity contribution in [1.29, 1.82) is 0 Å². The van der Waals surface area contributed by atoms with E-state index in [1.165, 1.54) is 238 Å². The fraction of sp³-hybridized carbons (Fsp3) is 0.859. The highest BCUT2D eigenvalue weighted by atomic mass is 16.7. The normalized spacial score (nSPS) is 18.5. The zero-order chi connectivity index (χ0) is 59.5. The van der Waals surface area contributed by atoms with Crippen LogP contribution in [0.2, 0.25) is 0 Å². The van der Waals surface area contributed by atoms with E-state index < -0.39 is 49.5 Å². The van der Waals surface area contributed by atoms with E-state index >= 15 is 0 Å². The number of aliphatic hydroxyl groups excluding tert-OH is 5. The first-order valence-corrected chi connectivity index (χ1v) is 34.9. The number of allylic oxidation sites excluding steroid dienone is 7. The first-order valence-electron chi connectivity index (χ1n) is 34.9. The molecule has 1 fully saturated rings. The molecule has 1 rings (SSSR count). The van der Waals surface area contributed by atoms with Gasteiger partial charge in [0.15, 0.2) is 6.29 Å². The minimum absolute atomic E-state index is 0.00689. The highest BCUT2D eigenvalue weighted by Crippen LogP contribution is 2.23. The smallest absolute Gasteiger partial charge is 0.305 e. The quantitative estimate of drug-likeness (QED) is 0.0195. The van der Waals surface area contributed by atoms with Crippen LogP contribution in [-0.4, -0.2) is 100 Å². The molecule has 82 heavy (non-hydrogen) atoms. The molecule has 0 aliphatic carbocycles. The molecule has 6 N–H and O–H groups in total. The van der Waals surface area contributed by atoms with E-state index in [2.05, 4.69) is 55.6 Å². The summed E-state index contributed by atoms with van der Waals surface area (Å²) in [5.74, 6) is -0.189. The van der Waals surface area contributed by atoms with Crippen LogP contribution in [0.15, 0.2) is 48.6 Å². The maximum atomic E-state index is 13.1. The Morgan fingerprint density at radius 2 is 0.817 bits per heavy atom. The number of hydrogen-bond acceptors (Lipinski definition) is 10. The van der Waals surface area contributed by atoms with Gasteiger partial charge in [0.05, 0.1) is 32.0 Å². The minimum Gasteiger partial charge on any atom is -0.466 e. The lowest BCUT2D eigenvalue weighted by molar-refractivity contribution is -0.302. The number of carbonyl (C=O) groups excluding carboxylic acids is 2. The maximum Gasteiger partial charge on any atom is 0.305 e. The van der Waals surface area contributed by atoms with Gasteiger partial charge in [-0.15, -0.1) is 0 Å². The molecule has 1 heterocycles. The predicted molar refractivity (Wildman–Crippen MR) is 343 cm³/mol. The van der Waals surface area contributed by atoms with Crippen molar-refractivity contribution in [3.8, 4) is 0 Å². The van der Waals surface area contributed by atoms with Gasteiger partial charge >= 0.3 is 5.97 Å². The van der Waals surface area contributed by atoms with Crippen LogP contribution in [0.3, 0.4) is 0 Å². The van der Waals surface area contributed by atoms with Crippen LogP contribution in [0.4, 0.5) is 0 Å². The van der Waals surface area contributed by atoms with Gasteiger partial charge in [0.1, 0.15) is 24.4 Å². The van der Waals surface area contributed by atoms with Gasteiger partial charge < -0.3 is 45.1 Å². The maximum absolute atomic E-state index is 13.1. The molecule has 0 spiro atoms. The molecule has 0 aromatic rings. The summed E-state index contributed by atoms with van der Waals surface area (Å²) in [4.78, 5) is 25.1. The Morgan fingerprint density at radius 1 is 0.451 bits per heavy atom. The number of aliphatic hydroxyl groups is 5. The Hall–Kier alpha value is -2.38. The molecule has 11 heteroatoms. The minimum atomic E-state index is -1.57. The molecule has 0 saturated carbocycles. The van der Waals surface area contributed by atoms with Crippen molar-refractivity contribution < 1.29 is 49.3 Å². The van der Waals surface area contributed by atoms with Crippen molar-refractivity contribution >= 4 is 11.9 Å². The summed E-state index contributed by atoms with van der Waals surface area (Å²) >= 11 is 0. The number of carbonyl (C=O) groups is 2. The molecular formula is C71H131NO10. The van der Waals surface area contributed by atoms with Crippen LogP contribution in [0.25, 0.3) is 0 Å². The average molecular weight is 1160 g/mol.